The highest BCUT2D eigenvalue weighted by molar-refractivity contribution is 7.10. The molecule has 1 aromatic heterocycles. The van der Waals surface area contributed by atoms with Gasteiger partial charge in [-0.1, -0.05) is 31.2 Å². The van der Waals surface area contributed by atoms with Crippen molar-refractivity contribution in [1.29, 1.82) is 0 Å². The molecule has 2 N–H and O–H groups in total. The predicted octanol–water partition coefficient (Wildman–Crippen LogP) is 4.36. The number of anilines is 1. The minimum Gasteiger partial charge on any atom is -0.389 e. The van der Waals surface area contributed by atoms with Crippen molar-refractivity contribution < 1.29 is 5.11 Å². The van der Waals surface area contributed by atoms with Gasteiger partial charge in [0.15, 0.2) is 0 Å². The lowest BCUT2D eigenvalue weighted by molar-refractivity contribution is 0.200. The van der Waals surface area contributed by atoms with Crippen molar-refractivity contribution in [3.05, 3.63) is 52.2 Å². The van der Waals surface area contributed by atoms with Gasteiger partial charge >= 0.3 is 0 Å². The first-order chi connectivity index (χ1) is 8.72. The van der Waals surface area contributed by atoms with Gasteiger partial charge in [-0.3, -0.25) is 0 Å². The zero-order chi connectivity index (χ0) is 13.0. The number of hydrogen-bond donors (Lipinski definition) is 2. The number of thiophene rings is 1. The predicted molar refractivity (Wildman–Crippen MR) is 78.0 cm³/mol. The lowest BCUT2D eigenvalue weighted by Crippen LogP contribution is -2.10. The largest absolute Gasteiger partial charge is 0.389 e. The Morgan fingerprint density at radius 2 is 2.00 bits per heavy atom. The van der Waals surface area contributed by atoms with Crippen molar-refractivity contribution in [1.82, 2.24) is 0 Å². The van der Waals surface area contributed by atoms with Gasteiger partial charge < -0.3 is 10.4 Å². The zero-order valence-corrected chi connectivity index (χ0v) is 11.6. The van der Waals surface area contributed by atoms with Crippen molar-refractivity contribution in [3.8, 4) is 0 Å². The van der Waals surface area contributed by atoms with E-state index in [-0.39, 0.29) is 0 Å². The van der Waals surface area contributed by atoms with Crippen molar-refractivity contribution in [2.24, 2.45) is 0 Å². The Balaban J connectivity index is 2.22. The van der Waals surface area contributed by atoms with Crippen LogP contribution in [0, 0.1) is 0 Å². The van der Waals surface area contributed by atoms with Gasteiger partial charge in [-0.15, -0.1) is 11.3 Å². The van der Waals surface area contributed by atoms with Gasteiger partial charge in [-0.05, 0) is 30.9 Å². The Labute approximate surface area is 112 Å². The fraction of sp³-hybridized carbons (Fsp3) is 0.333. The first-order valence-electron chi connectivity index (χ1n) is 6.29. The van der Waals surface area contributed by atoms with Crippen LogP contribution in [0.5, 0.6) is 0 Å². The van der Waals surface area contributed by atoms with E-state index in [4.69, 9.17) is 0 Å². The molecule has 0 bridgehead atoms. The summed E-state index contributed by atoms with van der Waals surface area (Å²) in [6.07, 6.45) is 0.573. The Morgan fingerprint density at radius 3 is 2.61 bits per heavy atom. The maximum atomic E-state index is 9.78. The van der Waals surface area contributed by atoms with Gasteiger partial charge in [-0.25, -0.2) is 0 Å². The van der Waals surface area contributed by atoms with Crippen LogP contribution in [0.4, 0.5) is 5.69 Å². The summed E-state index contributed by atoms with van der Waals surface area (Å²) >= 11 is 1.76. The first kappa shape index (κ1) is 13.1. The number of rotatable bonds is 5. The molecule has 96 valence electrons. The summed E-state index contributed by atoms with van der Waals surface area (Å²) in [4.78, 5) is 1.33. The average molecular weight is 261 g/mol. The van der Waals surface area contributed by atoms with Crippen molar-refractivity contribution in [3.63, 3.8) is 0 Å². The van der Waals surface area contributed by atoms with Crippen LogP contribution in [0.1, 0.15) is 42.9 Å². The van der Waals surface area contributed by atoms with Crippen LogP contribution in [-0.2, 0) is 0 Å². The molecule has 0 saturated carbocycles. The van der Waals surface area contributed by atoms with E-state index in [0.717, 1.165) is 17.7 Å². The normalized spacial score (nSPS) is 14.2. The highest BCUT2D eigenvalue weighted by Gasteiger charge is 2.13. The third kappa shape index (κ3) is 2.92. The first-order valence-corrected chi connectivity index (χ1v) is 7.17. The lowest BCUT2D eigenvalue weighted by atomic mass is 10.1. The summed E-state index contributed by atoms with van der Waals surface area (Å²) in [7, 11) is 0. The number of hydrogen-bond acceptors (Lipinski definition) is 3. The summed E-state index contributed by atoms with van der Waals surface area (Å²) in [5.74, 6) is 0. The standard InChI is InChI=1S/C15H19NOS/c1-3-13(15-9-6-10-18-15)16-14-8-5-4-7-12(14)11(2)17/h4-11,13,16-17H,3H2,1-2H3. The second-order valence-electron chi connectivity index (χ2n) is 4.38. The maximum Gasteiger partial charge on any atom is 0.0781 e. The van der Waals surface area contributed by atoms with E-state index in [1.54, 1.807) is 18.3 Å². The SMILES string of the molecule is CCC(Nc1ccccc1C(C)O)c1cccs1. The van der Waals surface area contributed by atoms with E-state index in [0.29, 0.717) is 6.04 Å². The summed E-state index contributed by atoms with van der Waals surface area (Å²) < 4.78 is 0. The molecule has 1 heterocycles. The fourth-order valence-corrected chi connectivity index (χ4v) is 2.91. The van der Waals surface area contributed by atoms with Crippen LogP contribution in [0.2, 0.25) is 0 Å². The average Bonchev–Trinajstić information content (AvgIpc) is 2.90. The Kier molecular flexibility index (Phi) is 4.39. The van der Waals surface area contributed by atoms with Crippen LogP contribution in [-0.4, -0.2) is 5.11 Å². The van der Waals surface area contributed by atoms with Crippen LogP contribution >= 0.6 is 11.3 Å². The fourth-order valence-electron chi connectivity index (χ4n) is 2.04. The molecule has 0 fully saturated rings. The highest BCUT2D eigenvalue weighted by atomic mass is 32.1. The Bertz CT molecular complexity index is 479. The van der Waals surface area contributed by atoms with E-state index in [1.807, 2.05) is 24.3 Å². The molecular formula is C15H19NOS. The van der Waals surface area contributed by atoms with Gasteiger partial charge in [0.2, 0.25) is 0 Å². The quantitative estimate of drug-likeness (QED) is 0.838. The Hall–Kier alpha value is -1.32. The van der Waals surface area contributed by atoms with Crippen LogP contribution in [0.25, 0.3) is 0 Å². The molecule has 2 atom stereocenters. The van der Waals surface area contributed by atoms with Crippen LogP contribution in [0.3, 0.4) is 0 Å². The molecule has 3 heteroatoms. The smallest absolute Gasteiger partial charge is 0.0781 e. The molecule has 0 radical (unpaired) electrons. The second kappa shape index (κ2) is 6.03. The van der Waals surface area contributed by atoms with E-state index in [9.17, 15) is 5.11 Å². The van der Waals surface area contributed by atoms with Crippen molar-refractivity contribution in [2.75, 3.05) is 5.32 Å². The molecule has 2 nitrogen and oxygen atoms in total. The third-order valence-corrected chi connectivity index (χ3v) is 4.02. The van der Waals surface area contributed by atoms with E-state index in [2.05, 4.69) is 29.8 Å². The monoisotopic (exact) mass is 261 g/mol. The summed E-state index contributed by atoms with van der Waals surface area (Å²) in [6, 6.07) is 12.5. The van der Waals surface area contributed by atoms with Crippen molar-refractivity contribution >= 4 is 17.0 Å². The second-order valence-corrected chi connectivity index (χ2v) is 5.36. The number of nitrogens with one attached hydrogen (secondary N) is 1. The molecule has 1 aromatic carbocycles. The molecule has 0 amide bonds. The molecular weight excluding hydrogens is 242 g/mol. The van der Waals surface area contributed by atoms with Crippen LogP contribution < -0.4 is 5.32 Å². The van der Waals surface area contributed by atoms with E-state index >= 15 is 0 Å². The maximum absolute atomic E-state index is 9.78. The molecule has 2 rings (SSSR count). The lowest BCUT2D eigenvalue weighted by Gasteiger charge is -2.20. The molecule has 0 aliphatic carbocycles. The van der Waals surface area contributed by atoms with E-state index < -0.39 is 6.10 Å². The number of aliphatic hydroxyl groups is 1. The van der Waals surface area contributed by atoms with Gasteiger partial charge in [0, 0.05) is 16.1 Å². The summed E-state index contributed by atoms with van der Waals surface area (Å²) in [5.41, 5.74) is 1.97. The number of para-hydroxylation sites is 1. The summed E-state index contributed by atoms with van der Waals surface area (Å²) in [5, 5.41) is 15.4. The minimum atomic E-state index is -0.449. The van der Waals surface area contributed by atoms with E-state index in [1.165, 1.54) is 4.88 Å². The molecule has 18 heavy (non-hydrogen) atoms. The number of aliphatic hydroxyl groups excluding tert-OH is 1. The van der Waals surface area contributed by atoms with Gasteiger partial charge in [0.1, 0.15) is 0 Å². The van der Waals surface area contributed by atoms with Gasteiger partial charge in [-0.2, -0.15) is 0 Å². The molecule has 0 aliphatic rings. The summed E-state index contributed by atoms with van der Waals surface area (Å²) in [6.45, 7) is 3.97. The van der Waals surface area contributed by atoms with Gasteiger partial charge in [0.25, 0.3) is 0 Å². The molecule has 2 unspecified atom stereocenters. The molecule has 0 spiro atoms. The third-order valence-electron chi connectivity index (χ3n) is 3.04. The molecule has 0 saturated heterocycles. The highest BCUT2D eigenvalue weighted by Crippen LogP contribution is 2.30. The van der Waals surface area contributed by atoms with Crippen LogP contribution in [0.15, 0.2) is 41.8 Å². The molecule has 0 aliphatic heterocycles. The minimum absolute atomic E-state index is 0.310. The Morgan fingerprint density at radius 1 is 1.22 bits per heavy atom. The zero-order valence-electron chi connectivity index (χ0n) is 10.8. The van der Waals surface area contributed by atoms with Crippen molar-refractivity contribution in [2.45, 2.75) is 32.4 Å². The number of benzene rings is 1. The van der Waals surface area contributed by atoms with Gasteiger partial charge in [0.05, 0.1) is 12.1 Å². The molecule has 2 aromatic rings. The topological polar surface area (TPSA) is 32.3 Å².